The van der Waals surface area contributed by atoms with Gasteiger partial charge in [-0.05, 0) is 56.6 Å². The Bertz CT molecular complexity index is 591. The fraction of sp³-hybridized carbons (Fsp3) is 0.667. The van der Waals surface area contributed by atoms with E-state index in [4.69, 9.17) is 5.73 Å². The van der Waals surface area contributed by atoms with Crippen molar-refractivity contribution in [1.82, 2.24) is 4.90 Å². The molecule has 4 rings (SSSR count). The highest BCUT2D eigenvalue weighted by atomic mass is 16.3. The molecule has 0 unspecified atom stereocenters. The Balaban J connectivity index is 1.81. The average Bonchev–Trinajstić information content (AvgIpc) is 2.60. The summed E-state index contributed by atoms with van der Waals surface area (Å²) < 4.78 is 0. The molecule has 3 saturated carbocycles. The van der Waals surface area contributed by atoms with E-state index >= 15 is 0 Å². The van der Waals surface area contributed by atoms with Gasteiger partial charge in [0.1, 0.15) is 0 Å². The molecule has 1 amide bonds. The summed E-state index contributed by atoms with van der Waals surface area (Å²) in [6, 6.07) is 10.5. The van der Waals surface area contributed by atoms with Crippen LogP contribution in [-0.4, -0.2) is 40.6 Å². The summed E-state index contributed by atoms with van der Waals surface area (Å²) >= 11 is 0. The average molecular weight is 344 g/mol. The number of hydrogen-bond acceptors (Lipinski definition) is 3. The molecule has 3 N–H and O–H groups in total. The van der Waals surface area contributed by atoms with Gasteiger partial charge in [-0.2, -0.15) is 0 Å². The summed E-state index contributed by atoms with van der Waals surface area (Å²) in [4.78, 5) is 13.9. The van der Waals surface area contributed by atoms with Gasteiger partial charge in [-0.1, -0.05) is 44.2 Å². The van der Waals surface area contributed by atoms with Crippen molar-refractivity contribution in [2.75, 3.05) is 13.1 Å². The lowest BCUT2D eigenvalue weighted by atomic mass is 9.53. The molecule has 0 radical (unpaired) electrons. The first-order valence-corrected chi connectivity index (χ1v) is 9.65. The van der Waals surface area contributed by atoms with Gasteiger partial charge in [0.25, 0.3) is 0 Å². The number of amides is 1. The lowest BCUT2D eigenvalue weighted by Crippen LogP contribution is -2.64. The third-order valence-electron chi connectivity index (χ3n) is 6.63. The summed E-state index contributed by atoms with van der Waals surface area (Å²) in [7, 11) is 0. The molecule has 25 heavy (non-hydrogen) atoms. The quantitative estimate of drug-likeness (QED) is 0.799. The molecule has 0 heterocycles. The van der Waals surface area contributed by atoms with Gasteiger partial charge >= 0.3 is 0 Å². The number of aliphatic hydroxyl groups is 1. The smallest absolute Gasteiger partial charge is 0.231 e. The van der Waals surface area contributed by atoms with Crippen LogP contribution >= 0.6 is 0 Å². The van der Waals surface area contributed by atoms with Crippen molar-refractivity contribution in [3.05, 3.63) is 35.9 Å². The first-order valence-electron chi connectivity index (χ1n) is 9.65. The topological polar surface area (TPSA) is 66.6 Å². The maximum absolute atomic E-state index is 11.7. The van der Waals surface area contributed by atoms with Crippen LogP contribution in [0.4, 0.5) is 0 Å². The van der Waals surface area contributed by atoms with Crippen LogP contribution in [0.5, 0.6) is 0 Å². The molecular formula is C21H32N2O2. The van der Waals surface area contributed by atoms with Crippen molar-refractivity contribution >= 4 is 5.91 Å². The van der Waals surface area contributed by atoms with Crippen molar-refractivity contribution in [2.24, 2.45) is 11.7 Å². The predicted octanol–water partition coefficient (Wildman–Crippen LogP) is 2.84. The van der Waals surface area contributed by atoms with E-state index in [1.54, 1.807) is 0 Å². The molecule has 0 aliphatic heterocycles. The lowest BCUT2D eigenvalue weighted by Gasteiger charge is -2.60. The van der Waals surface area contributed by atoms with E-state index in [9.17, 15) is 9.90 Å². The fourth-order valence-corrected chi connectivity index (χ4v) is 5.04. The second kappa shape index (κ2) is 7.08. The number of fused-ring (bicyclic) bond motifs is 3. The molecular weight excluding hydrogens is 312 g/mol. The Hall–Kier alpha value is -1.39. The summed E-state index contributed by atoms with van der Waals surface area (Å²) in [6.07, 6.45) is 5.47. The van der Waals surface area contributed by atoms with Gasteiger partial charge in [0.15, 0.2) is 0 Å². The van der Waals surface area contributed by atoms with Gasteiger partial charge in [-0.15, -0.1) is 0 Å². The van der Waals surface area contributed by atoms with E-state index < -0.39 is 0 Å². The predicted molar refractivity (Wildman–Crippen MR) is 100 cm³/mol. The second-order valence-electron chi connectivity index (χ2n) is 8.54. The molecule has 3 aliphatic rings. The van der Waals surface area contributed by atoms with Crippen LogP contribution in [0.1, 0.15) is 57.9 Å². The fourth-order valence-electron chi connectivity index (χ4n) is 5.04. The monoisotopic (exact) mass is 344 g/mol. The number of carbonyl (C=O) groups is 1. The Morgan fingerprint density at radius 3 is 2.40 bits per heavy atom. The van der Waals surface area contributed by atoms with Gasteiger partial charge in [0, 0.05) is 11.0 Å². The molecule has 4 nitrogen and oxygen atoms in total. The van der Waals surface area contributed by atoms with E-state index in [0.29, 0.717) is 12.5 Å². The number of hydrogen-bond donors (Lipinski definition) is 2. The number of nitrogens with two attached hydrogens (primary N) is 1. The molecule has 0 saturated heterocycles. The van der Waals surface area contributed by atoms with Crippen LogP contribution in [-0.2, 0) is 10.2 Å². The highest BCUT2D eigenvalue weighted by Crippen LogP contribution is 2.55. The minimum Gasteiger partial charge on any atom is -0.392 e. The van der Waals surface area contributed by atoms with E-state index in [1.807, 2.05) is 6.07 Å². The number of primary amides is 1. The maximum atomic E-state index is 11.7. The van der Waals surface area contributed by atoms with Crippen LogP contribution in [0, 0.1) is 5.92 Å². The molecule has 1 aromatic carbocycles. The first-order chi connectivity index (χ1) is 11.9. The zero-order valence-electron chi connectivity index (χ0n) is 15.6. The molecule has 4 heteroatoms. The number of aliphatic hydroxyl groups excluding tert-OH is 1. The lowest BCUT2D eigenvalue weighted by molar-refractivity contribution is -0.129. The molecule has 3 fully saturated rings. The third kappa shape index (κ3) is 3.47. The Morgan fingerprint density at radius 1 is 1.24 bits per heavy atom. The molecule has 1 atom stereocenters. The molecule has 0 spiro atoms. The Morgan fingerprint density at radius 2 is 1.88 bits per heavy atom. The van der Waals surface area contributed by atoms with Crippen molar-refractivity contribution in [2.45, 2.75) is 69.4 Å². The van der Waals surface area contributed by atoms with Gasteiger partial charge in [-0.25, -0.2) is 0 Å². The standard InChI is InChI=1S/C21H32N2O2/c1-16(2)8-13-23(15-19(22)25)20-9-11-21(12-10-20,18(24)14-20)17-6-4-3-5-7-17/h3-7,16,18,24H,8-15H2,1-2H3,(H2,22,25)/t18-,20?,21?/m1/s1. The zero-order valence-corrected chi connectivity index (χ0v) is 15.6. The van der Waals surface area contributed by atoms with Gasteiger partial charge < -0.3 is 10.8 Å². The highest BCUT2D eigenvalue weighted by molar-refractivity contribution is 5.76. The van der Waals surface area contributed by atoms with E-state index in [1.165, 1.54) is 5.56 Å². The van der Waals surface area contributed by atoms with E-state index in [0.717, 1.165) is 45.1 Å². The van der Waals surface area contributed by atoms with Crippen LogP contribution in [0.15, 0.2) is 30.3 Å². The normalized spacial score (nSPS) is 31.6. The molecule has 3 aliphatic carbocycles. The number of rotatable bonds is 7. The van der Waals surface area contributed by atoms with Crippen molar-refractivity contribution in [3.63, 3.8) is 0 Å². The van der Waals surface area contributed by atoms with Crippen LogP contribution in [0.25, 0.3) is 0 Å². The van der Waals surface area contributed by atoms with Crippen molar-refractivity contribution in [3.8, 4) is 0 Å². The molecule has 138 valence electrons. The van der Waals surface area contributed by atoms with Crippen LogP contribution in [0.3, 0.4) is 0 Å². The van der Waals surface area contributed by atoms with Crippen LogP contribution in [0.2, 0.25) is 0 Å². The summed E-state index contributed by atoms with van der Waals surface area (Å²) in [5, 5.41) is 11.1. The molecule has 0 aromatic heterocycles. The summed E-state index contributed by atoms with van der Waals surface area (Å²) in [6.45, 7) is 5.59. The third-order valence-corrected chi connectivity index (χ3v) is 6.63. The van der Waals surface area contributed by atoms with Gasteiger partial charge in [-0.3, -0.25) is 9.69 Å². The molecule has 1 aromatic rings. The highest BCUT2D eigenvalue weighted by Gasteiger charge is 2.56. The maximum Gasteiger partial charge on any atom is 0.231 e. The SMILES string of the molecule is CC(C)CCN(CC(N)=O)C12CCC(c3ccccc3)(CC1)[C@H](O)C2. The minimum atomic E-state index is -0.355. The summed E-state index contributed by atoms with van der Waals surface area (Å²) in [5.74, 6) is 0.324. The largest absolute Gasteiger partial charge is 0.392 e. The van der Waals surface area contributed by atoms with Gasteiger partial charge in [0.2, 0.25) is 5.91 Å². The second-order valence-corrected chi connectivity index (χ2v) is 8.54. The zero-order chi connectivity index (χ0) is 18.1. The van der Waals surface area contributed by atoms with Crippen molar-refractivity contribution < 1.29 is 9.90 Å². The van der Waals surface area contributed by atoms with E-state index in [-0.39, 0.29) is 23.0 Å². The Labute approximate surface area is 151 Å². The minimum absolute atomic E-state index is 0.0696. The summed E-state index contributed by atoms with van der Waals surface area (Å²) in [5.41, 5.74) is 6.62. The number of nitrogens with zero attached hydrogens (tertiary/aromatic N) is 1. The number of carbonyl (C=O) groups excluding carboxylic acids is 1. The first kappa shape index (κ1) is 18.4. The Kier molecular flexibility index (Phi) is 5.21. The van der Waals surface area contributed by atoms with Crippen molar-refractivity contribution in [1.29, 1.82) is 0 Å². The molecule has 2 bridgehead atoms. The number of benzene rings is 1. The van der Waals surface area contributed by atoms with Crippen LogP contribution < -0.4 is 5.73 Å². The van der Waals surface area contributed by atoms with E-state index in [2.05, 4.69) is 43.0 Å². The van der Waals surface area contributed by atoms with Gasteiger partial charge in [0.05, 0.1) is 12.6 Å².